The smallest absolute Gasteiger partial charge is 0.358 e. The van der Waals surface area contributed by atoms with Gasteiger partial charge in [-0.05, 0) is 29.8 Å². The molecular weight excluding hydrogens is 452 g/mol. The van der Waals surface area contributed by atoms with Gasteiger partial charge in [0.2, 0.25) is 0 Å². The molecular formula is C26H22N2O5S. The molecule has 34 heavy (non-hydrogen) atoms. The van der Waals surface area contributed by atoms with Crippen LogP contribution >= 0.6 is 11.3 Å². The highest BCUT2D eigenvalue weighted by Gasteiger charge is 2.17. The molecule has 4 aromatic rings. The van der Waals surface area contributed by atoms with Crippen molar-refractivity contribution in [3.8, 4) is 33.2 Å². The first-order chi connectivity index (χ1) is 16.6. The van der Waals surface area contributed by atoms with Crippen molar-refractivity contribution < 1.29 is 23.8 Å². The number of nitrogens with zero attached hydrogens (tertiary/aromatic N) is 1. The van der Waals surface area contributed by atoms with Crippen LogP contribution in [0.25, 0.3) is 21.7 Å². The number of para-hydroxylation sites is 1. The lowest BCUT2D eigenvalue weighted by Gasteiger charge is -2.11. The molecule has 1 heterocycles. The first-order valence-electron chi connectivity index (χ1n) is 10.4. The maximum atomic E-state index is 12.5. The Bertz CT molecular complexity index is 1300. The highest BCUT2D eigenvalue weighted by molar-refractivity contribution is 7.13. The molecule has 1 aromatic heterocycles. The highest BCUT2D eigenvalue weighted by atomic mass is 32.1. The van der Waals surface area contributed by atoms with Crippen LogP contribution in [0.15, 0.2) is 78.2 Å². The SMILES string of the molecule is COc1ccc(-c2nc(C(=O)OCC(=O)Nc3ccccc3-c3ccccc3)cs2)cc1OC. The van der Waals surface area contributed by atoms with Gasteiger partial charge in [0.15, 0.2) is 23.8 Å². The van der Waals surface area contributed by atoms with Crippen LogP contribution < -0.4 is 14.8 Å². The number of carbonyl (C=O) groups is 2. The van der Waals surface area contributed by atoms with Gasteiger partial charge in [0.1, 0.15) is 5.01 Å². The molecule has 0 saturated carbocycles. The Balaban J connectivity index is 1.39. The summed E-state index contributed by atoms with van der Waals surface area (Å²) in [4.78, 5) is 29.3. The molecule has 1 N–H and O–H groups in total. The first kappa shape index (κ1) is 23.0. The number of benzene rings is 3. The summed E-state index contributed by atoms with van der Waals surface area (Å²) in [5, 5.41) is 5.02. The maximum absolute atomic E-state index is 12.5. The van der Waals surface area contributed by atoms with Crippen LogP contribution in [-0.2, 0) is 9.53 Å². The molecule has 7 nitrogen and oxygen atoms in total. The number of rotatable bonds is 8. The fourth-order valence-electron chi connectivity index (χ4n) is 3.32. The Kier molecular flexibility index (Phi) is 7.19. The van der Waals surface area contributed by atoms with E-state index in [0.717, 1.165) is 16.7 Å². The van der Waals surface area contributed by atoms with Crippen molar-refractivity contribution in [1.82, 2.24) is 4.98 Å². The fourth-order valence-corrected chi connectivity index (χ4v) is 4.11. The van der Waals surface area contributed by atoms with Crippen LogP contribution in [0, 0.1) is 0 Å². The van der Waals surface area contributed by atoms with E-state index in [2.05, 4.69) is 10.3 Å². The Morgan fingerprint density at radius 2 is 1.62 bits per heavy atom. The summed E-state index contributed by atoms with van der Waals surface area (Å²) < 4.78 is 15.8. The van der Waals surface area contributed by atoms with E-state index in [1.165, 1.54) is 11.3 Å². The van der Waals surface area contributed by atoms with Crippen molar-refractivity contribution in [3.05, 3.63) is 83.9 Å². The van der Waals surface area contributed by atoms with E-state index in [-0.39, 0.29) is 5.69 Å². The Morgan fingerprint density at radius 1 is 0.882 bits per heavy atom. The predicted octanol–water partition coefficient (Wildman–Crippen LogP) is 5.29. The third-order valence-corrected chi connectivity index (χ3v) is 5.86. The number of thiazole rings is 1. The van der Waals surface area contributed by atoms with Gasteiger partial charge in [0.25, 0.3) is 5.91 Å². The number of ether oxygens (including phenoxy) is 3. The Morgan fingerprint density at radius 3 is 2.38 bits per heavy atom. The fraction of sp³-hybridized carbons (Fsp3) is 0.115. The standard InChI is InChI=1S/C26H22N2O5S/c1-31-22-13-12-18(14-23(22)32-2)25-28-21(16-34-25)26(30)33-15-24(29)27-20-11-7-6-10-19(20)17-8-4-3-5-9-17/h3-14,16H,15H2,1-2H3,(H,27,29). The summed E-state index contributed by atoms with van der Waals surface area (Å²) in [5.41, 5.74) is 3.39. The number of aromatic nitrogens is 1. The largest absolute Gasteiger partial charge is 0.493 e. The summed E-state index contributed by atoms with van der Waals surface area (Å²) in [6.45, 7) is -0.425. The molecule has 172 valence electrons. The topological polar surface area (TPSA) is 86.8 Å². The van der Waals surface area contributed by atoms with Gasteiger partial charge in [-0.15, -0.1) is 11.3 Å². The molecule has 0 bridgehead atoms. The Labute approximate surface area is 201 Å². The lowest BCUT2D eigenvalue weighted by Crippen LogP contribution is -2.21. The number of methoxy groups -OCH3 is 2. The van der Waals surface area contributed by atoms with E-state index in [1.54, 1.807) is 37.8 Å². The van der Waals surface area contributed by atoms with Crippen LogP contribution in [0.2, 0.25) is 0 Å². The van der Waals surface area contributed by atoms with E-state index in [0.29, 0.717) is 22.2 Å². The molecule has 8 heteroatoms. The van der Waals surface area contributed by atoms with Crippen LogP contribution in [0.3, 0.4) is 0 Å². The summed E-state index contributed by atoms with van der Waals surface area (Å²) in [6.07, 6.45) is 0. The lowest BCUT2D eigenvalue weighted by atomic mass is 10.0. The highest BCUT2D eigenvalue weighted by Crippen LogP contribution is 2.33. The number of anilines is 1. The van der Waals surface area contributed by atoms with Gasteiger partial charge >= 0.3 is 5.97 Å². The number of hydrogen-bond donors (Lipinski definition) is 1. The number of esters is 1. The van der Waals surface area contributed by atoms with E-state index in [1.807, 2.05) is 54.6 Å². The molecule has 1 amide bonds. The maximum Gasteiger partial charge on any atom is 0.358 e. The van der Waals surface area contributed by atoms with Crippen molar-refractivity contribution in [2.45, 2.75) is 0 Å². The minimum Gasteiger partial charge on any atom is -0.493 e. The third-order valence-electron chi connectivity index (χ3n) is 4.96. The monoisotopic (exact) mass is 474 g/mol. The van der Waals surface area contributed by atoms with Crippen LogP contribution in [0.5, 0.6) is 11.5 Å². The lowest BCUT2D eigenvalue weighted by molar-refractivity contribution is -0.119. The second-order valence-electron chi connectivity index (χ2n) is 7.14. The van der Waals surface area contributed by atoms with Crippen molar-refractivity contribution >= 4 is 28.9 Å². The van der Waals surface area contributed by atoms with Gasteiger partial charge in [0, 0.05) is 22.2 Å². The van der Waals surface area contributed by atoms with E-state index in [4.69, 9.17) is 14.2 Å². The van der Waals surface area contributed by atoms with Gasteiger partial charge in [-0.25, -0.2) is 9.78 Å². The average molecular weight is 475 g/mol. The second-order valence-corrected chi connectivity index (χ2v) is 8.00. The molecule has 3 aromatic carbocycles. The quantitative estimate of drug-likeness (QED) is 0.349. The van der Waals surface area contributed by atoms with Gasteiger partial charge in [0.05, 0.1) is 14.2 Å². The van der Waals surface area contributed by atoms with Crippen molar-refractivity contribution in [2.75, 3.05) is 26.1 Å². The van der Waals surface area contributed by atoms with E-state index in [9.17, 15) is 9.59 Å². The van der Waals surface area contributed by atoms with Gasteiger partial charge in [-0.3, -0.25) is 4.79 Å². The third kappa shape index (κ3) is 5.24. The first-order valence-corrected chi connectivity index (χ1v) is 11.3. The van der Waals surface area contributed by atoms with E-state index < -0.39 is 18.5 Å². The number of nitrogens with one attached hydrogen (secondary N) is 1. The molecule has 4 rings (SSSR count). The van der Waals surface area contributed by atoms with Gasteiger partial charge < -0.3 is 19.5 Å². The number of carbonyl (C=O) groups excluding carboxylic acids is 2. The van der Waals surface area contributed by atoms with Crippen molar-refractivity contribution in [2.24, 2.45) is 0 Å². The van der Waals surface area contributed by atoms with Gasteiger partial charge in [-0.2, -0.15) is 0 Å². The molecule has 0 aliphatic heterocycles. The second kappa shape index (κ2) is 10.6. The Hall–Kier alpha value is -4.17. The molecule has 0 aliphatic carbocycles. The zero-order chi connectivity index (χ0) is 23.9. The van der Waals surface area contributed by atoms with Crippen LogP contribution in [-0.4, -0.2) is 37.7 Å². The molecule has 0 unspecified atom stereocenters. The minimum absolute atomic E-state index is 0.132. The zero-order valence-electron chi connectivity index (χ0n) is 18.6. The van der Waals surface area contributed by atoms with Crippen molar-refractivity contribution in [3.63, 3.8) is 0 Å². The molecule has 0 atom stereocenters. The summed E-state index contributed by atoms with van der Waals surface area (Å²) >= 11 is 1.29. The summed E-state index contributed by atoms with van der Waals surface area (Å²) in [6, 6.07) is 22.5. The number of hydrogen-bond acceptors (Lipinski definition) is 7. The van der Waals surface area contributed by atoms with E-state index >= 15 is 0 Å². The summed E-state index contributed by atoms with van der Waals surface area (Å²) in [5.74, 6) is 0.0515. The van der Waals surface area contributed by atoms with Crippen LogP contribution in [0.4, 0.5) is 5.69 Å². The molecule has 0 spiro atoms. The summed E-state index contributed by atoms with van der Waals surface area (Å²) in [7, 11) is 3.11. The molecule has 0 fully saturated rings. The molecule has 0 saturated heterocycles. The zero-order valence-corrected chi connectivity index (χ0v) is 19.4. The van der Waals surface area contributed by atoms with Gasteiger partial charge in [-0.1, -0.05) is 48.5 Å². The minimum atomic E-state index is -0.672. The average Bonchev–Trinajstić information content (AvgIpc) is 3.38. The number of amides is 1. The molecule has 0 radical (unpaired) electrons. The molecule has 0 aliphatic rings. The van der Waals surface area contributed by atoms with Crippen LogP contribution in [0.1, 0.15) is 10.5 Å². The van der Waals surface area contributed by atoms with Crippen molar-refractivity contribution in [1.29, 1.82) is 0 Å². The predicted molar refractivity (Wildman–Crippen MR) is 131 cm³/mol. The normalized spacial score (nSPS) is 10.4.